The van der Waals surface area contributed by atoms with Gasteiger partial charge >= 0.3 is 5.91 Å². The van der Waals surface area contributed by atoms with Crippen LogP contribution in [0.4, 0.5) is 0 Å². The van der Waals surface area contributed by atoms with Crippen LogP contribution >= 0.6 is 11.6 Å². The Labute approximate surface area is 146 Å². The average molecular weight is 353 g/mol. The minimum absolute atomic E-state index is 0.126. The van der Waals surface area contributed by atoms with Crippen molar-refractivity contribution < 1.29 is 19.2 Å². The lowest BCUT2D eigenvalue weighted by Gasteiger charge is -2.38. The monoisotopic (exact) mass is 352 g/mol. The van der Waals surface area contributed by atoms with Crippen LogP contribution in [0.1, 0.15) is 36.8 Å². The highest BCUT2D eigenvalue weighted by Gasteiger charge is 2.63. The number of aliphatic hydroxyl groups is 1. The molecule has 2 aliphatic rings. The molecule has 1 heterocycles. The number of rotatable bonds is 5. The molecule has 1 aliphatic heterocycles. The topological polar surface area (TPSA) is 106 Å². The lowest BCUT2D eigenvalue weighted by Crippen LogP contribution is -2.63. The molecule has 1 aromatic rings. The van der Waals surface area contributed by atoms with E-state index in [2.05, 4.69) is 0 Å². The summed E-state index contributed by atoms with van der Waals surface area (Å²) in [5.74, 6) is -0.798. The van der Waals surface area contributed by atoms with Gasteiger partial charge in [0.25, 0.3) is 5.91 Å². The van der Waals surface area contributed by atoms with Crippen molar-refractivity contribution in [2.45, 2.75) is 50.4 Å². The number of quaternary nitrogens is 1. The molecule has 1 aromatic carbocycles. The van der Waals surface area contributed by atoms with Gasteiger partial charge in [0.2, 0.25) is 0 Å². The molecule has 7 heteroatoms. The molecule has 0 bridgehead atoms. The Morgan fingerprint density at radius 1 is 1.33 bits per heavy atom. The summed E-state index contributed by atoms with van der Waals surface area (Å²) >= 11 is 6.11. The lowest BCUT2D eigenvalue weighted by atomic mass is 10.0. The molecule has 2 atom stereocenters. The molecular weight excluding hydrogens is 330 g/mol. The van der Waals surface area contributed by atoms with Gasteiger partial charge in [0.15, 0.2) is 11.6 Å². The van der Waals surface area contributed by atoms with Gasteiger partial charge in [0.05, 0.1) is 6.54 Å². The van der Waals surface area contributed by atoms with Crippen molar-refractivity contribution in [1.82, 2.24) is 0 Å². The van der Waals surface area contributed by atoms with Crippen molar-refractivity contribution in [3.8, 4) is 0 Å². The quantitative estimate of drug-likeness (QED) is 0.682. The van der Waals surface area contributed by atoms with Gasteiger partial charge in [0.1, 0.15) is 6.54 Å². The number of hydrogen-bond donors (Lipinski definition) is 3. The van der Waals surface area contributed by atoms with Crippen LogP contribution in [0.3, 0.4) is 0 Å². The molecule has 3 rings (SSSR count). The third kappa shape index (κ3) is 2.84. The molecule has 2 fully saturated rings. The van der Waals surface area contributed by atoms with E-state index in [-0.39, 0.29) is 16.9 Å². The van der Waals surface area contributed by atoms with E-state index >= 15 is 0 Å². The third-order valence-electron chi connectivity index (χ3n) is 5.33. The Balaban J connectivity index is 2.05. The molecular formula is C17H23ClN3O3+. The molecule has 5 N–H and O–H groups in total. The number of nitrogens with two attached hydrogens (primary N) is 2. The molecule has 0 aromatic heterocycles. The van der Waals surface area contributed by atoms with E-state index in [9.17, 15) is 14.7 Å². The average Bonchev–Trinajstić information content (AvgIpc) is 3.14. The summed E-state index contributed by atoms with van der Waals surface area (Å²) in [7, 11) is 0. The van der Waals surface area contributed by atoms with Gasteiger partial charge < -0.3 is 16.6 Å². The maximum atomic E-state index is 13.1. The van der Waals surface area contributed by atoms with Gasteiger partial charge in [-0.2, -0.15) is 0 Å². The minimum Gasteiger partial charge on any atom is -0.376 e. The second kappa shape index (κ2) is 6.11. The zero-order valence-corrected chi connectivity index (χ0v) is 14.3. The van der Waals surface area contributed by atoms with Gasteiger partial charge in [-0.15, -0.1) is 0 Å². The first-order valence-corrected chi connectivity index (χ1v) is 8.61. The summed E-state index contributed by atoms with van der Waals surface area (Å²) in [5.41, 5.74) is 11.8. The summed E-state index contributed by atoms with van der Waals surface area (Å²) in [6.45, 7) is 1.08. The molecule has 1 unspecified atom stereocenters. The molecule has 2 amide bonds. The van der Waals surface area contributed by atoms with Crippen LogP contribution in [-0.2, 0) is 22.7 Å². The normalized spacial score (nSPS) is 27.9. The smallest absolute Gasteiger partial charge is 0.346 e. The Hall–Kier alpha value is -1.47. The molecule has 1 aliphatic carbocycles. The fourth-order valence-corrected chi connectivity index (χ4v) is 4.05. The van der Waals surface area contributed by atoms with E-state index in [1.54, 1.807) is 12.1 Å². The molecule has 1 saturated carbocycles. The SMILES string of the molecule is NCc1ccc(Cl)cc1C[N+]1(C(=O)C2(O)CC2)CCC[C@H]1C(N)=O. The number of likely N-dealkylation sites (tertiary alicyclic amines) is 1. The van der Waals surface area contributed by atoms with E-state index < -0.39 is 17.6 Å². The highest BCUT2D eigenvalue weighted by atomic mass is 35.5. The first kappa shape index (κ1) is 17.4. The number of amides is 2. The van der Waals surface area contributed by atoms with Crippen molar-refractivity contribution in [1.29, 1.82) is 0 Å². The molecule has 1 saturated heterocycles. The summed E-state index contributed by atoms with van der Waals surface area (Å²) < 4.78 is -0.126. The zero-order valence-electron chi connectivity index (χ0n) is 13.5. The van der Waals surface area contributed by atoms with Gasteiger partial charge in [-0.05, 0) is 30.5 Å². The number of benzene rings is 1. The maximum Gasteiger partial charge on any atom is 0.346 e. The van der Waals surface area contributed by atoms with Crippen LogP contribution in [0.5, 0.6) is 0 Å². The standard InChI is InChI=1S/C17H22ClN3O3/c18-13-4-3-11(9-19)12(8-13)10-21(16(23)17(24)5-6-17)7-1-2-14(21)15(20)22/h3-4,8,14,24H,1-2,5-7,9-10,19H2,(H-,20,22)/p+1/t14-,21?/m0/s1. The number of nitrogens with zero attached hydrogens (tertiary/aromatic N) is 1. The number of primary amides is 1. The van der Waals surface area contributed by atoms with E-state index in [4.69, 9.17) is 23.1 Å². The van der Waals surface area contributed by atoms with Crippen molar-refractivity contribution >= 4 is 23.4 Å². The summed E-state index contributed by atoms with van der Waals surface area (Å²) in [6.07, 6.45) is 2.15. The lowest BCUT2D eigenvalue weighted by molar-refractivity contribution is -0.872. The van der Waals surface area contributed by atoms with Crippen LogP contribution < -0.4 is 11.5 Å². The van der Waals surface area contributed by atoms with E-state index in [0.29, 0.717) is 43.8 Å². The van der Waals surface area contributed by atoms with E-state index in [0.717, 1.165) is 11.1 Å². The van der Waals surface area contributed by atoms with Crippen LogP contribution in [0, 0.1) is 0 Å². The molecule has 24 heavy (non-hydrogen) atoms. The highest BCUT2D eigenvalue weighted by Crippen LogP contribution is 2.43. The Morgan fingerprint density at radius 3 is 2.62 bits per heavy atom. The van der Waals surface area contributed by atoms with Gasteiger partial charge in [-0.25, -0.2) is 9.28 Å². The van der Waals surface area contributed by atoms with Crippen LogP contribution in [0.15, 0.2) is 18.2 Å². The molecule has 130 valence electrons. The maximum absolute atomic E-state index is 13.1. The van der Waals surface area contributed by atoms with Crippen LogP contribution in [0.25, 0.3) is 0 Å². The second-order valence-corrected chi connectivity index (χ2v) is 7.37. The molecule has 0 radical (unpaired) electrons. The fraction of sp³-hybridized carbons (Fsp3) is 0.529. The zero-order chi connectivity index (χ0) is 17.5. The minimum atomic E-state index is -1.32. The second-order valence-electron chi connectivity index (χ2n) is 6.93. The van der Waals surface area contributed by atoms with Crippen molar-refractivity contribution in [3.05, 3.63) is 34.3 Å². The molecule has 0 spiro atoms. The van der Waals surface area contributed by atoms with Gasteiger partial charge in [-0.3, -0.25) is 4.79 Å². The first-order valence-electron chi connectivity index (χ1n) is 8.23. The van der Waals surface area contributed by atoms with Crippen LogP contribution in [-0.4, -0.2) is 39.6 Å². The van der Waals surface area contributed by atoms with Gasteiger partial charge in [-0.1, -0.05) is 17.7 Å². The Morgan fingerprint density at radius 2 is 2.04 bits per heavy atom. The summed E-state index contributed by atoms with van der Waals surface area (Å²) in [6, 6.07) is 4.75. The number of carbonyl (C=O) groups is 2. The first-order chi connectivity index (χ1) is 11.3. The third-order valence-corrected chi connectivity index (χ3v) is 5.56. The fourth-order valence-electron chi connectivity index (χ4n) is 3.85. The van der Waals surface area contributed by atoms with Crippen molar-refractivity contribution in [2.75, 3.05) is 6.54 Å². The number of halogens is 1. The summed E-state index contributed by atoms with van der Waals surface area (Å²) in [4.78, 5) is 25.1. The van der Waals surface area contributed by atoms with Crippen molar-refractivity contribution in [3.63, 3.8) is 0 Å². The summed E-state index contributed by atoms with van der Waals surface area (Å²) in [5, 5.41) is 11.0. The predicted octanol–water partition coefficient (Wildman–Crippen LogP) is 0.815. The van der Waals surface area contributed by atoms with E-state index in [1.165, 1.54) is 0 Å². The molecule has 6 nitrogen and oxygen atoms in total. The Kier molecular flexibility index (Phi) is 4.42. The largest absolute Gasteiger partial charge is 0.376 e. The van der Waals surface area contributed by atoms with Crippen molar-refractivity contribution in [2.24, 2.45) is 11.5 Å². The predicted molar refractivity (Wildman–Crippen MR) is 89.6 cm³/mol. The highest BCUT2D eigenvalue weighted by molar-refractivity contribution is 6.30. The number of carbonyl (C=O) groups excluding carboxylic acids is 2. The van der Waals surface area contributed by atoms with Crippen LogP contribution in [0.2, 0.25) is 5.02 Å². The Bertz CT molecular complexity index is 690. The van der Waals surface area contributed by atoms with E-state index in [1.807, 2.05) is 6.07 Å². The van der Waals surface area contributed by atoms with Gasteiger partial charge in [0, 0.05) is 30.0 Å². The number of hydrogen-bond acceptors (Lipinski definition) is 4.